The van der Waals surface area contributed by atoms with Crippen molar-refractivity contribution in [2.45, 2.75) is 10.5 Å². The lowest BCUT2D eigenvalue weighted by Crippen LogP contribution is -2.26. The van der Waals surface area contributed by atoms with Crippen LogP contribution in [-0.4, -0.2) is 22.3 Å². The normalized spacial score (nSPS) is 48.3. The van der Waals surface area contributed by atoms with Gasteiger partial charge in [-0.2, -0.15) is 0 Å². The van der Waals surface area contributed by atoms with Gasteiger partial charge in [0, 0.05) is 10.5 Å². The Hall–Kier alpha value is -0.770. The third-order valence-corrected chi connectivity index (χ3v) is 4.28. The van der Waals surface area contributed by atoms with Gasteiger partial charge in [-0.05, 0) is 0 Å². The first-order chi connectivity index (χ1) is 5.77. The summed E-state index contributed by atoms with van der Waals surface area (Å²) in [5.74, 6) is -0.293. The fourth-order valence-electron chi connectivity index (χ4n) is 2.22. The number of hydrogen-bond donors (Lipinski definition) is 1. The maximum atomic E-state index is 11.3. The smallest absolute Gasteiger partial charge is 0.231 e. The van der Waals surface area contributed by atoms with Crippen LogP contribution in [0.15, 0.2) is 12.2 Å². The van der Waals surface area contributed by atoms with E-state index in [1.165, 1.54) is 0 Å². The Balaban J connectivity index is 2.08. The molecule has 3 heterocycles. The van der Waals surface area contributed by atoms with E-state index in [2.05, 4.69) is 17.5 Å². The highest BCUT2D eigenvalue weighted by atomic mass is 32.2. The third kappa shape index (κ3) is 0.602. The average Bonchev–Trinajstić information content (AvgIpc) is 2.64. The summed E-state index contributed by atoms with van der Waals surface area (Å²) in [6, 6.07) is 0. The van der Waals surface area contributed by atoms with Crippen molar-refractivity contribution < 1.29 is 9.59 Å². The summed E-state index contributed by atoms with van der Waals surface area (Å²) in [6.45, 7) is 0. The molecule has 3 aliphatic heterocycles. The zero-order chi connectivity index (χ0) is 8.29. The average molecular weight is 181 g/mol. The highest BCUT2D eigenvalue weighted by Gasteiger charge is 2.56. The highest BCUT2D eigenvalue weighted by Crippen LogP contribution is 2.50. The maximum Gasteiger partial charge on any atom is 0.231 e. The quantitative estimate of drug-likeness (QED) is 0.420. The minimum absolute atomic E-state index is 0.0718. The number of thioether (sulfide) groups is 1. The van der Waals surface area contributed by atoms with E-state index in [1.54, 1.807) is 11.8 Å². The van der Waals surface area contributed by atoms with E-state index in [4.69, 9.17) is 0 Å². The topological polar surface area (TPSA) is 46.2 Å². The predicted molar refractivity (Wildman–Crippen MR) is 44.4 cm³/mol. The summed E-state index contributed by atoms with van der Waals surface area (Å²) in [4.78, 5) is 22.6. The molecule has 1 N–H and O–H groups in total. The second kappa shape index (κ2) is 1.93. The van der Waals surface area contributed by atoms with Gasteiger partial charge in [-0.15, -0.1) is 11.8 Å². The Morgan fingerprint density at radius 2 is 1.58 bits per heavy atom. The third-order valence-electron chi connectivity index (χ3n) is 2.75. The molecule has 0 aliphatic carbocycles. The van der Waals surface area contributed by atoms with Crippen LogP contribution in [0.1, 0.15) is 0 Å². The summed E-state index contributed by atoms with van der Waals surface area (Å²) in [7, 11) is 0. The van der Waals surface area contributed by atoms with Crippen molar-refractivity contribution in [2.75, 3.05) is 0 Å². The Bertz CT molecular complexity index is 284. The second-order valence-electron chi connectivity index (χ2n) is 3.36. The Morgan fingerprint density at radius 1 is 1.08 bits per heavy atom. The number of hydrogen-bond acceptors (Lipinski definition) is 3. The van der Waals surface area contributed by atoms with Crippen molar-refractivity contribution in [1.82, 2.24) is 5.32 Å². The van der Waals surface area contributed by atoms with Crippen LogP contribution in [0.5, 0.6) is 0 Å². The first kappa shape index (κ1) is 6.71. The Kier molecular flexibility index (Phi) is 1.08. The van der Waals surface area contributed by atoms with Crippen LogP contribution in [0.2, 0.25) is 0 Å². The summed E-state index contributed by atoms with van der Waals surface area (Å²) >= 11 is 1.74. The van der Waals surface area contributed by atoms with Crippen LogP contribution in [0.4, 0.5) is 0 Å². The molecule has 3 rings (SSSR count). The molecule has 0 aromatic rings. The van der Waals surface area contributed by atoms with Crippen LogP contribution in [0.25, 0.3) is 0 Å². The zero-order valence-electron chi connectivity index (χ0n) is 6.19. The molecule has 0 radical (unpaired) electrons. The lowest BCUT2D eigenvalue weighted by atomic mass is 9.85. The van der Waals surface area contributed by atoms with Crippen LogP contribution < -0.4 is 5.32 Å². The number of fused-ring (bicyclic) bond motifs is 5. The molecule has 2 saturated heterocycles. The van der Waals surface area contributed by atoms with Crippen LogP contribution in [-0.2, 0) is 9.59 Å². The number of carbonyl (C=O) groups excluding carboxylic acids is 2. The SMILES string of the molecule is O=C1NC(=O)C2C3C=CC(S3)C12. The largest absolute Gasteiger partial charge is 0.296 e. The molecule has 3 aliphatic rings. The molecule has 0 saturated carbocycles. The van der Waals surface area contributed by atoms with Gasteiger partial charge in [0.05, 0.1) is 11.8 Å². The lowest BCUT2D eigenvalue weighted by molar-refractivity contribution is -0.126. The minimum atomic E-state index is -0.0747. The molecule has 12 heavy (non-hydrogen) atoms. The van der Waals surface area contributed by atoms with Gasteiger partial charge in [0.2, 0.25) is 11.8 Å². The van der Waals surface area contributed by atoms with Crippen molar-refractivity contribution in [3.05, 3.63) is 12.2 Å². The fraction of sp³-hybridized carbons (Fsp3) is 0.500. The molecule has 3 nitrogen and oxygen atoms in total. The van der Waals surface area contributed by atoms with Crippen molar-refractivity contribution >= 4 is 23.6 Å². The molecule has 2 fully saturated rings. The fourth-order valence-corrected chi connectivity index (χ4v) is 3.87. The van der Waals surface area contributed by atoms with Crippen molar-refractivity contribution in [2.24, 2.45) is 11.8 Å². The molecular formula is C8H7NO2S. The summed E-state index contributed by atoms with van der Waals surface area (Å²) in [6.07, 6.45) is 4.10. The molecule has 0 spiro atoms. The van der Waals surface area contributed by atoms with Gasteiger partial charge in [0.25, 0.3) is 0 Å². The lowest BCUT2D eigenvalue weighted by Gasteiger charge is -2.12. The minimum Gasteiger partial charge on any atom is -0.296 e. The molecule has 0 aromatic carbocycles. The van der Waals surface area contributed by atoms with E-state index in [9.17, 15) is 9.59 Å². The van der Waals surface area contributed by atoms with Crippen molar-refractivity contribution in [3.63, 3.8) is 0 Å². The molecule has 62 valence electrons. The van der Waals surface area contributed by atoms with Gasteiger partial charge < -0.3 is 0 Å². The molecule has 4 atom stereocenters. The Labute approximate surface area is 73.6 Å². The molecule has 0 aromatic heterocycles. The van der Waals surface area contributed by atoms with Crippen LogP contribution in [0, 0.1) is 11.8 Å². The number of nitrogens with one attached hydrogen (secondary N) is 1. The van der Waals surface area contributed by atoms with E-state index in [0.29, 0.717) is 0 Å². The van der Waals surface area contributed by atoms with Crippen molar-refractivity contribution in [3.8, 4) is 0 Å². The monoisotopic (exact) mass is 181 g/mol. The van der Waals surface area contributed by atoms with E-state index in [1.807, 2.05) is 0 Å². The van der Waals surface area contributed by atoms with Gasteiger partial charge in [-0.1, -0.05) is 12.2 Å². The molecule has 2 bridgehead atoms. The van der Waals surface area contributed by atoms with E-state index < -0.39 is 0 Å². The second-order valence-corrected chi connectivity index (χ2v) is 4.72. The van der Waals surface area contributed by atoms with Gasteiger partial charge >= 0.3 is 0 Å². The standard InChI is InChI=1S/C8H7NO2S/c10-7-5-3-1-2-4(12-3)6(5)8(11)9-7/h1-6H,(H,9,10,11). The zero-order valence-corrected chi connectivity index (χ0v) is 7.01. The van der Waals surface area contributed by atoms with Crippen molar-refractivity contribution in [1.29, 1.82) is 0 Å². The van der Waals surface area contributed by atoms with E-state index in [0.717, 1.165) is 0 Å². The molecule has 4 heteroatoms. The summed E-state index contributed by atoms with van der Waals surface area (Å²) < 4.78 is 0. The van der Waals surface area contributed by atoms with E-state index in [-0.39, 0.29) is 34.2 Å². The van der Waals surface area contributed by atoms with Gasteiger partial charge in [-0.25, -0.2) is 0 Å². The molecule has 4 unspecified atom stereocenters. The maximum absolute atomic E-state index is 11.3. The molecule has 2 amide bonds. The van der Waals surface area contributed by atoms with Crippen LogP contribution >= 0.6 is 11.8 Å². The predicted octanol–water partition coefficient (Wildman–Crippen LogP) is -0.0710. The summed E-state index contributed by atoms with van der Waals surface area (Å²) in [5.41, 5.74) is 0. The number of amides is 2. The number of imide groups is 1. The summed E-state index contributed by atoms with van der Waals surface area (Å²) in [5, 5.41) is 2.90. The van der Waals surface area contributed by atoms with Gasteiger partial charge in [-0.3, -0.25) is 14.9 Å². The number of rotatable bonds is 0. The highest BCUT2D eigenvalue weighted by molar-refractivity contribution is 8.01. The van der Waals surface area contributed by atoms with Gasteiger partial charge in [0.15, 0.2) is 0 Å². The van der Waals surface area contributed by atoms with Crippen LogP contribution in [0.3, 0.4) is 0 Å². The molecular weight excluding hydrogens is 174 g/mol. The number of carbonyl (C=O) groups is 2. The Morgan fingerprint density at radius 3 is 2.08 bits per heavy atom. The first-order valence-electron chi connectivity index (χ1n) is 3.96. The van der Waals surface area contributed by atoms with E-state index >= 15 is 0 Å². The van der Waals surface area contributed by atoms with Gasteiger partial charge in [0.1, 0.15) is 0 Å². The first-order valence-corrected chi connectivity index (χ1v) is 4.90.